The van der Waals surface area contributed by atoms with Crippen LogP contribution in [0.4, 0.5) is 10.2 Å². The zero-order valence-corrected chi connectivity index (χ0v) is 14.7. The fourth-order valence-electron chi connectivity index (χ4n) is 2.46. The lowest BCUT2D eigenvalue weighted by Gasteiger charge is -2.14. The summed E-state index contributed by atoms with van der Waals surface area (Å²) < 4.78 is 29.9. The molecule has 1 unspecified atom stereocenters. The molecule has 0 saturated heterocycles. The summed E-state index contributed by atoms with van der Waals surface area (Å²) in [5.41, 5.74) is 13.0. The Labute approximate surface area is 153 Å². The van der Waals surface area contributed by atoms with Gasteiger partial charge in [-0.3, -0.25) is 4.98 Å². The third-order valence-corrected chi connectivity index (χ3v) is 4.91. The highest BCUT2D eigenvalue weighted by Gasteiger charge is 2.18. The van der Waals surface area contributed by atoms with Crippen molar-refractivity contribution < 1.29 is 8.94 Å². The summed E-state index contributed by atoms with van der Waals surface area (Å²) in [5, 5.41) is 0. The van der Waals surface area contributed by atoms with Crippen LogP contribution in [-0.2, 0) is 11.4 Å². The molecule has 3 rings (SSSR count). The van der Waals surface area contributed by atoms with E-state index < -0.39 is 17.2 Å². The number of hydrogen-bond acceptors (Lipinski definition) is 6. The lowest BCUT2D eigenvalue weighted by atomic mass is 10.0. The van der Waals surface area contributed by atoms with E-state index in [-0.39, 0.29) is 5.82 Å². The van der Waals surface area contributed by atoms with E-state index in [0.29, 0.717) is 40.4 Å². The van der Waals surface area contributed by atoms with E-state index in [1.807, 2.05) is 6.07 Å². The summed E-state index contributed by atoms with van der Waals surface area (Å²) >= 11 is -1.43. The fraction of sp³-hybridized carbons (Fsp3) is 0.111. The highest BCUT2D eigenvalue weighted by Crippen LogP contribution is 2.30. The molecule has 0 aliphatic heterocycles. The van der Waals surface area contributed by atoms with Gasteiger partial charge < -0.3 is 16.0 Å². The van der Waals surface area contributed by atoms with Gasteiger partial charge >= 0.3 is 0 Å². The maximum absolute atomic E-state index is 14.7. The van der Waals surface area contributed by atoms with Gasteiger partial charge in [-0.1, -0.05) is 18.2 Å². The van der Waals surface area contributed by atoms with Crippen LogP contribution in [0.5, 0.6) is 0 Å². The van der Waals surface area contributed by atoms with E-state index in [1.165, 1.54) is 18.5 Å². The SMILES string of the molecule is NCCN[S+]([O-])c1ccccc1-c1ccc(-c2cnc(N)cn2)c(F)c1. The molecule has 0 amide bonds. The predicted molar refractivity (Wildman–Crippen MR) is 101 cm³/mol. The molecule has 3 aromatic rings. The molecule has 5 N–H and O–H groups in total. The largest absolute Gasteiger partial charge is 0.593 e. The van der Waals surface area contributed by atoms with Crippen molar-refractivity contribution in [3.63, 3.8) is 0 Å². The van der Waals surface area contributed by atoms with Gasteiger partial charge in [-0.2, -0.15) is 0 Å². The zero-order valence-electron chi connectivity index (χ0n) is 13.9. The van der Waals surface area contributed by atoms with Gasteiger partial charge in [-0.15, -0.1) is 4.72 Å². The summed E-state index contributed by atoms with van der Waals surface area (Å²) in [6.45, 7) is 0.796. The van der Waals surface area contributed by atoms with Gasteiger partial charge in [0.1, 0.15) is 11.6 Å². The van der Waals surface area contributed by atoms with Crippen molar-refractivity contribution in [2.75, 3.05) is 18.8 Å². The van der Waals surface area contributed by atoms with Crippen molar-refractivity contribution >= 4 is 17.2 Å². The van der Waals surface area contributed by atoms with E-state index in [0.717, 1.165) is 0 Å². The average molecular weight is 371 g/mol. The first kappa shape index (κ1) is 18.3. The maximum Gasteiger partial charge on any atom is 0.181 e. The molecular formula is C18H18FN5OS. The summed E-state index contributed by atoms with van der Waals surface area (Å²) in [6.07, 6.45) is 2.80. The van der Waals surface area contributed by atoms with Crippen molar-refractivity contribution in [3.8, 4) is 22.4 Å². The molecule has 0 aliphatic rings. The third kappa shape index (κ3) is 4.00. The molecule has 8 heteroatoms. The van der Waals surface area contributed by atoms with E-state index in [9.17, 15) is 8.94 Å². The van der Waals surface area contributed by atoms with Crippen LogP contribution < -0.4 is 16.2 Å². The standard InChI is InChI=1S/C18H18FN5OS/c19-15-9-12(5-6-14(15)16-10-23-18(21)11-22-16)13-3-1-2-4-17(13)26(25)24-8-7-20/h1-6,9-11,24H,7-8,20H2,(H2,21,23). The first-order valence-corrected chi connectivity index (χ1v) is 9.07. The number of rotatable bonds is 6. The van der Waals surface area contributed by atoms with E-state index in [4.69, 9.17) is 11.5 Å². The van der Waals surface area contributed by atoms with Crippen LogP contribution >= 0.6 is 0 Å². The first-order valence-electron chi connectivity index (χ1n) is 7.92. The zero-order chi connectivity index (χ0) is 18.5. The number of halogens is 1. The molecule has 0 radical (unpaired) electrons. The van der Waals surface area contributed by atoms with Crippen LogP contribution in [0.3, 0.4) is 0 Å². The molecule has 0 saturated carbocycles. The monoisotopic (exact) mass is 371 g/mol. The number of aromatic nitrogens is 2. The molecule has 26 heavy (non-hydrogen) atoms. The first-order chi connectivity index (χ1) is 12.6. The van der Waals surface area contributed by atoms with Crippen molar-refractivity contribution in [2.45, 2.75) is 4.90 Å². The van der Waals surface area contributed by atoms with E-state index >= 15 is 0 Å². The lowest BCUT2D eigenvalue weighted by Crippen LogP contribution is -2.29. The molecule has 0 aliphatic carbocycles. The Bertz CT molecular complexity index is 891. The number of nitrogens with one attached hydrogen (secondary N) is 1. The molecule has 0 fully saturated rings. The second-order valence-corrected chi connectivity index (χ2v) is 6.73. The molecule has 2 aromatic carbocycles. The van der Waals surface area contributed by atoms with Gasteiger partial charge in [0.05, 0.1) is 36.0 Å². The Morgan fingerprint density at radius 3 is 2.58 bits per heavy atom. The molecule has 6 nitrogen and oxygen atoms in total. The van der Waals surface area contributed by atoms with Crippen LogP contribution in [0.1, 0.15) is 0 Å². The van der Waals surface area contributed by atoms with E-state index in [2.05, 4.69) is 14.7 Å². The number of benzene rings is 2. The Hall–Kier alpha value is -2.52. The van der Waals surface area contributed by atoms with Gasteiger partial charge in [-0.25, -0.2) is 9.37 Å². The molecule has 134 valence electrons. The van der Waals surface area contributed by atoms with Gasteiger partial charge in [0.25, 0.3) is 0 Å². The summed E-state index contributed by atoms with van der Waals surface area (Å²) in [6, 6.07) is 11.9. The summed E-state index contributed by atoms with van der Waals surface area (Å²) in [7, 11) is 0. The second kappa shape index (κ2) is 8.24. The van der Waals surface area contributed by atoms with Crippen molar-refractivity contribution in [1.82, 2.24) is 14.7 Å². The van der Waals surface area contributed by atoms with Crippen LogP contribution in [-0.4, -0.2) is 27.6 Å². The Balaban J connectivity index is 1.96. The molecule has 1 aromatic heterocycles. The van der Waals surface area contributed by atoms with Gasteiger partial charge in [0, 0.05) is 17.7 Å². The van der Waals surface area contributed by atoms with Gasteiger partial charge in [0.2, 0.25) is 0 Å². The fourth-order valence-corrected chi connectivity index (χ4v) is 3.51. The topological polar surface area (TPSA) is 113 Å². The molecule has 1 atom stereocenters. The summed E-state index contributed by atoms with van der Waals surface area (Å²) in [4.78, 5) is 8.60. The molecule has 0 spiro atoms. The predicted octanol–water partition coefficient (Wildman–Crippen LogP) is 2.10. The number of nitrogens with two attached hydrogens (primary N) is 2. The van der Waals surface area contributed by atoms with Crippen LogP contribution in [0.15, 0.2) is 59.8 Å². The number of hydrogen-bond donors (Lipinski definition) is 3. The van der Waals surface area contributed by atoms with Gasteiger partial charge in [0.15, 0.2) is 4.90 Å². The Morgan fingerprint density at radius 2 is 1.88 bits per heavy atom. The average Bonchev–Trinajstić information content (AvgIpc) is 2.67. The van der Waals surface area contributed by atoms with Crippen molar-refractivity contribution in [2.24, 2.45) is 5.73 Å². The molecular weight excluding hydrogens is 353 g/mol. The minimum Gasteiger partial charge on any atom is -0.593 e. The number of nitrogen functional groups attached to an aromatic ring is 1. The maximum atomic E-state index is 14.7. The smallest absolute Gasteiger partial charge is 0.181 e. The minimum atomic E-state index is -1.43. The Kier molecular flexibility index (Phi) is 5.79. The number of nitrogens with zero attached hydrogens (tertiary/aromatic N) is 2. The van der Waals surface area contributed by atoms with E-state index in [1.54, 1.807) is 30.3 Å². The third-order valence-electron chi connectivity index (χ3n) is 3.69. The van der Waals surface area contributed by atoms with Crippen molar-refractivity contribution in [1.29, 1.82) is 0 Å². The second-order valence-electron chi connectivity index (χ2n) is 5.47. The number of anilines is 1. The van der Waals surface area contributed by atoms with Crippen LogP contribution in [0.2, 0.25) is 0 Å². The minimum absolute atomic E-state index is 0.271. The van der Waals surface area contributed by atoms with Crippen LogP contribution in [0, 0.1) is 5.82 Å². The van der Waals surface area contributed by atoms with Crippen LogP contribution in [0.25, 0.3) is 22.4 Å². The molecule has 1 heterocycles. The lowest BCUT2D eigenvalue weighted by molar-refractivity contribution is 0.581. The highest BCUT2D eigenvalue weighted by molar-refractivity contribution is 7.89. The summed E-state index contributed by atoms with van der Waals surface area (Å²) in [5.74, 6) is -0.177. The van der Waals surface area contributed by atoms with Gasteiger partial charge in [-0.05, 0) is 29.8 Å². The quantitative estimate of drug-likeness (QED) is 0.572. The molecule has 0 bridgehead atoms. The Morgan fingerprint density at radius 1 is 1.08 bits per heavy atom. The normalized spacial score (nSPS) is 12.1. The van der Waals surface area contributed by atoms with Crippen molar-refractivity contribution in [3.05, 3.63) is 60.7 Å². The highest BCUT2D eigenvalue weighted by atomic mass is 32.2.